The Morgan fingerprint density at radius 2 is 2.05 bits per heavy atom. The molecule has 40 heavy (non-hydrogen) atoms. The molecule has 0 aliphatic carbocycles. The number of anilines is 2. The highest BCUT2D eigenvalue weighted by Gasteiger charge is 2.38. The molecule has 214 valence electrons. The number of alkyl halides is 3. The number of nitrogens with zero attached hydrogens (tertiary/aromatic N) is 3. The van der Waals surface area contributed by atoms with Gasteiger partial charge in [-0.2, -0.15) is 8.78 Å². The number of aromatic nitrogens is 2. The number of likely N-dealkylation sites (tertiary alicyclic amines) is 1. The Morgan fingerprint density at radius 1 is 1.27 bits per heavy atom. The second-order valence-corrected chi connectivity index (χ2v) is 14.6. The van der Waals surface area contributed by atoms with Crippen LogP contribution in [0.25, 0.3) is 5.52 Å². The molecular weight excluding hydrogens is 562 g/mol. The fraction of sp³-hybridized carbons (Fsp3) is 0.444. The Labute approximate surface area is 235 Å². The van der Waals surface area contributed by atoms with E-state index in [0.717, 1.165) is 6.54 Å². The molecule has 0 spiro atoms. The largest absolute Gasteiger partial charge is 0.480 e. The van der Waals surface area contributed by atoms with Crippen molar-refractivity contribution >= 4 is 41.2 Å². The van der Waals surface area contributed by atoms with Crippen LogP contribution in [0.15, 0.2) is 35.4 Å². The number of methoxy groups -OCH3 is 1. The van der Waals surface area contributed by atoms with Gasteiger partial charge >= 0.3 is 5.25 Å². The van der Waals surface area contributed by atoms with Gasteiger partial charge in [-0.1, -0.05) is 11.8 Å². The molecule has 1 saturated heterocycles. The third kappa shape index (κ3) is 6.02. The molecule has 2 N–H and O–H groups in total. The number of pyridine rings is 2. The molecule has 0 aromatic carbocycles. The summed E-state index contributed by atoms with van der Waals surface area (Å²) in [5.41, 5.74) is 2.65. The molecule has 3 aromatic rings. The van der Waals surface area contributed by atoms with Crippen LogP contribution in [0.1, 0.15) is 12.0 Å². The number of piperidine rings is 1. The Hall–Kier alpha value is -3.00. The molecule has 0 unspecified atom stereocenters. The summed E-state index contributed by atoms with van der Waals surface area (Å²) in [7, 11) is 0.796. The first kappa shape index (κ1) is 28.5. The lowest BCUT2D eigenvalue weighted by atomic mass is 10.0. The molecule has 1 fully saturated rings. The van der Waals surface area contributed by atoms with Crippen molar-refractivity contribution in [2.75, 3.05) is 64.4 Å². The minimum Gasteiger partial charge on any atom is -0.480 e. The summed E-state index contributed by atoms with van der Waals surface area (Å²) in [6.07, 6.45) is -0.445. The van der Waals surface area contributed by atoms with Gasteiger partial charge in [-0.15, -0.1) is 0 Å². The van der Waals surface area contributed by atoms with Crippen molar-refractivity contribution in [2.24, 2.45) is 0 Å². The lowest BCUT2D eigenvalue weighted by molar-refractivity contribution is 0.0473. The molecule has 13 heteroatoms. The van der Waals surface area contributed by atoms with E-state index >= 15 is 0 Å². The van der Waals surface area contributed by atoms with Crippen molar-refractivity contribution in [3.05, 3.63) is 35.9 Å². The van der Waals surface area contributed by atoms with Crippen molar-refractivity contribution < 1.29 is 27.2 Å². The second kappa shape index (κ2) is 11.1. The summed E-state index contributed by atoms with van der Waals surface area (Å²) in [5.74, 6) is 6.56. The van der Waals surface area contributed by atoms with E-state index in [2.05, 4.69) is 27.5 Å². The monoisotopic (exact) mass is 593 g/mol. The Balaban J connectivity index is 1.44. The minimum atomic E-state index is -3.16. The number of thioether (sulfide) groups is 1. The van der Waals surface area contributed by atoms with E-state index in [1.807, 2.05) is 11.9 Å². The first-order valence-corrected chi connectivity index (χ1v) is 16.2. The van der Waals surface area contributed by atoms with Gasteiger partial charge in [0, 0.05) is 19.2 Å². The topological polar surface area (TPSA) is 80.1 Å². The predicted molar refractivity (Wildman–Crippen MR) is 153 cm³/mol. The maximum Gasteiger partial charge on any atom is 0.332 e. The zero-order valence-electron chi connectivity index (χ0n) is 22.6. The van der Waals surface area contributed by atoms with Crippen LogP contribution in [0, 0.1) is 11.8 Å². The van der Waals surface area contributed by atoms with E-state index in [1.165, 1.54) is 7.11 Å². The van der Waals surface area contributed by atoms with Gasteiger partial charge in [0.2, 0.25) is 5.88 Å². The third-order valence-electron chi connectivity index (χ3n) is 6.74. The van der Waals surface area contributed by atoms with Crippen molar-refractivity contribution in [2.45, 2.75) is 28.9 Å². The molecule has 5 rings (SSSR count). The third-order valence-corrected chi connectivity index (χ3v) is 9.11. The smallest absolute Gasteiger partial charge is 0.332 e. The summed E-state index contributed by atoms with van der Waals surface area (Å²) in [5, 5.41) is 3.51. The van der Waals surface area contributed by atoms with E-state index in [1.54, 1.807) is 48.1 Å². The van der Waals surface area contributed by atoms with Crippen LogP contribution in [0.2, 0.25) is 0 Å². The van der Waals surface area contributed by atoms with Crippen LogP contribution in [-0.4, -0.2) is 85.5 Å². The number of halogens is 3. The molecular formula is C27H31F3N5O3PS. The Morgan fingerprint density at radius 3 is 2.77 bits per heavy atom. The highest BCUT2D eigenvalue weighted by Crippen LogP contribution is 2.44. The Kier molecular flexibility index (Phi) is 7.92. The first-order chi connectivity index (χ1) is 18.9. The molecule has 2 aliphatic rings. The average Bonchev–Trinajstić information content (AvgIpc) is 3.17. The average molecular weight is 594 g/mol. The molecule has 2 aliphatic heterocycles. The second-order valence-electron chi connectivity index (χ2n) is 10.2. The summed E-state index contributed by atoms with van der Waals surface area (Å²) in [6, 6.07) is 8.09. The van der Waals surface area contributed by atoms with Crippen LogP contribution in [-0.2, 0) is 4.57 Å². The lowest BCUT2D eigenvalue weighted by Gasteiger charge is -2.33. The van der Waals surface area contributed by atoms with Crippen molar-refractivity contribution in [3.63, 3.8) is 0 Å². The van der Waals surface area contributed by atoms with E-state index in [9.17, 15) is 17.7 Å². The molecule has 2 atom stereocenters. The number of rotatable bonds is 6. The summed E-state index contributed by atoms with van der Waals surface area (Å²) < 4.78 is 68.8. The van der Waals surface area contributed by atoms with E-state index in [-0.39, 0.29) is 23.3 Å². The quantitative estimate of drug-likeness (QED) is 0.318. The van der Waals surface area contributed by atoms with Crippen LogP contribution < -0.4 is 25.5 Å². The normalized spacial score (nSPS) is 20.7. The lowest BCUT2D eigenvalue weighted by Crippen LogP contribution is -2.46. The van der Waals surface area contributed by atoms with Crippen LogP contribution >= 0.6 is 18.9 Å². The van der Waals surface area contributed by atoms with E-state index in [4.69, 9.17) is 9.47 Å². The molecule has 8 nitrogen and oxygen atoms in total. The highest BCUT2D eigenvalue weighted by molar-refractivity contribution is 8.00. The molecule has 0 amide bonds. The van der Waals surface area contributed by atoms with Gasteiger partial charge in [0.1, 0.15) is 23.8 Å². The number of ether oxygens (including phenoxy) is 2. The molecule has 3 aromatic heterocycles. The van der Waals surface area contributed by atoms with Gasteiger partial charge in [0.25, 0.3) is 0 Å². The van der Waals surface area contributed by atoms with Crippen molar-refractivity contribution in [1.82, 2.24) is 14.3 Å². The number of hydrogen-bond donors (Lipinski definition) is 2. The molecule has 5 heterocycles. The van der Waals surface area contributed by atoms with Crippen molar-refractivity contribution in [3.8, 4) is 23.6 Å². The maximum atomic E-state index is 14.8. The van der Waals surface area contributed by atoms with Gasteiger partial charge in [-0.05, 0) is 62.8 Å². The number of nitrogens with one attached hydrogen (secondary N) is 2. The van der Waals surface area contributed by atoms with Gasteiger partial charge in [-0.3, -0.25) is 4.40 Å². The molecule has 0 radical (unpaired) electrons. The highest BCUT2D eigenvalue weighted by atomic mass is 32.2. The predicted octanol–water partition coefficient (Wildman–Crippen LogP) is 4.59. The van der Waals surface area contributed by atoms with Gasteiger partial charge < -0.3 is 29.6 Å². The van der Waals surface area contributed by atoms with Gasteiger partial charge in [0.15, 0.2) is 12.5 Å². The summed E-state index contributed by atoms with van der Waals surface area (Å²) in [6.45, 7) is 3.74. The van der Waals surface area contributed by atoms with E-state index in [0.29, 0.717) is 52.6 Å². The molecule has 0 bridgehead atoms. The maximum absolute atomic E-state index is 14.8. The number of hydrogen-bond acceptors (Lipinski definition) is 8. The molecule has 0 saturated carbocycles. The fourth-order valence-corrected chi connectivity index (χ4v) is 6.36. The van der Waals surface area contributed by atoms with Crippen molar-refractivity contribution in [1.29, 1.82) is 0 Å². The standard InChI is InChI=1S/C27H31F3N5O3PS/c1-34-13-11-19(18(28)15-34)32-20-8-10-24-35-22(20)14-17(26(35)40-27(29,30)16-38-24)6-5-12-31-21-7-9-23(39(3,4)36)33-25(21)37-2/h7-10,14,18-19,31-32H,11-13,15-16H2,1-4H3/t18-,19+/m0/s1. The van der Waals surface area contributed by atoms with Crippen LogP contribution in [0.4, 0.5) is 24.5 Å². The van der Waals surface area contributed by atoms with Crippen LogP contribution in [0.3, 0.4) is 0 Å². The van der Waals surface area contributed by atoms with Gasteiger partial charge in [0.05, 0.1) is 42.2 Å². The Bertz CT molecular complexity index is 1530. The summed E-state index contributed by atoms with van der Waals surface area (Å²) >= 11 is 0.397. The fourth-order valence-electron chi connectivity index (χ4n) is 4.70. The van der Waals surface area contributed by atoms with Crippen LogP contribution in [0.5, 0.6) is 11.8 Å². The zero-order valence-corrected chi connectivity index (χ0v) is 24.3. The SMILES string of the molecule is COc1nc(P(C)(C)=O)ccc1NCC#Cc1cc2c(N[C@@H]3CCN(C)C[C@@H]3F)ccc3n2c1SC(F)(F)CO3. The summed E-state index contributed by atoms with van der Waals surface area (Å²) in [4.78, 5) is 6.27. The van der Waals surface area contributed by atoms with Gasteiger partial charge in [-0.25, -0.2) is 9.37 Å². The zero-order chi connectivity index (χ0) is 28.7. The minimum absolute atomic E-state index is 0.174. The first-order valence-electron chi connectivity index (χ1n) is 12.8. The van der Waals surface area contributed by atoms with E-state index < -0.39 is 31.2 Å².